The van der Waals surface area contributed by atoms with Gasteiger partial charge in [-0.15, -0.1) is 0 Å². The van der Waals surface area contributed by atoms with Crippen molar-refractivity contribution in [3.8, 4) is 0 Å². The number of rotatable bonds is 0. The SMILES string of the molecule is O=C1CCC2(O1)C1CCC2Cc2ccccc2C1. The Morgan fingerprint density at radius 3 is 2.17 bits per heavy atom. The molecular weight excluding hydrogens is 224 g/mol. The van der Waals surface area contributed by atoms with Crippen LogP contribution in [0.15, 0.2) is 24.3 Å². The summed E-state index contributed by atoms with van der Waals surface area (Å²) < 4.78 is 5.85. The van der Waals surface area contributed by atoms with E-state index >= 15 is 0 Å². The third-order valence-electron chi connectivity index (χ3n) is 5.32. The zero-order chi connectivity index (χ0) is 12.2. The molecule has 2 unspecified atom stereocenters. The van der Waals surface area contributed by atoms with Gasteiger partial charge in [0.05, 0.1) is 0 Å². The lowest BCUT2D eigenvalue weighted by molar-refractivity contribution is -0.155. The third kappa shape index (κ3) is 1.32. The number of carbonyl (C=O) groups is 1. The highest BCUT2D eigenvalue weighted by molar-refractivity contribution is 5.72. The molecule has 1 saturated carbocycles. The fraction of sp³-hybridized carbons (Fsp3) is 0.562. The quantitative estimate of drug-likeness (QED) is 0.654. The van der Waals surface area contributed by atoms with Gasteiger partial charge in [-0.2, -0.15) is 0 Å². The van der Waals surface area contributed by atoms with Crippen molar-refractivity contribution in [2.75, 3.05) is 0 Å². The molecule has 1 spiro atoms. The molecule has 1 saturated heterocycles. The zero-order valence-electron chi connectivity index (χ0n) is 10.5. The van der Waals surface area contributed by atoms with Crippen molar-refractivity contribution in [2.24, 2.45) is 11.8 Å². The Balaban J connectivity index is 1.77. The molecule has 2 fully saturated rings. The summed E-state index contributed by atoms with van der Waals surface area (Å²) in [5.41, 5.74) is 2.84. The molecule has 0 N–H and O–H groups in total. The van der Waals surface area contributed by atoms with Gasteiger partial charge in [0.2, 0.25) is 0 Å². The number of ether oxygens (including phenoxy) is 1. The summed E-state index contributed by atoms with van der Waals surface area (Å²) in [6, 6.07) is 8.76. The molecule has 2 aliphatic carbocycles. The van der Waals surface area contributed by atoms with Crippen LogP contribution in [0.4, 0.5) is 0 Å². The summed E-state index contributed by atoms with van der Waals surface area (Å²) in [5, 5.41) is 0. The van der Waals surface area contributed by atoms with E-state index < -0.39 is 0 Å². The van der Waals surface area contributed by atoms with Gasteiger partial charge in [-0.3, -0.25) is 4.79 Å². The van der Waals surface area contributed by atoms with Crippen molar-refractivity contribution >= 4 is 5.97 Å². The van der Waals surface area contributed by atoms with Crippen LogP contribution in [0.5, 0.6) is 0 Å². The molecule has 0 amide bonds. The molecular formula is C16H18O2. The van der Waals surface area contributed by atoms with Gasteiger partial charge < -0.3 is 4.74 Å². The minimum atomic E-state index is -0.115. The predicted octanol–water partition coefficient (Wildman–Crippen LogP) is 2.89. The van der Waals surface area contributed by atoms with E-state index in [9.17, 15) is 4.79 Å². The summed E-state index contributed by atoms with van der Waals surface area (Å²) in [5.74, 6) is 1.13. The maximum atomic E-state index is 11.6. The van der Waals surface area contributed by atoms with Crippen LogP contribution >= 0.6 is 0 Å². The standard InChI is InChI=1S/C16H18O2/c17-15-7-8-16(18-15)13-5-6-14(16)10-12-4-2-1-3-11(12)9-13/h1-4,13-14H,5-10H2. The number of esters is 1. The van der Waals surface area contributed by atoms with Crippen molar-refractivity contribution in [2.45, 2.75) is 44.1 Å². The molecule has 18 heavy (non-hydrogen) atoms. The highest BCUT2D eigenvalue weighted by atomic mass is 16.6. The second kappa shape index (κ2) is 3.59. The van der Waals surface area contributed by atoms with E-state index in [1.54, 1.807) is 0 Å². The molecule has 1 heterocycles. The van der Waals surface area contributed by atoms with Crippen LogP contribution in [-0.4, -0.2) is 11.6 Å². The highest BCUT2D eigenvalue weighted by Crippen LogP contribution is 2.53. The Morgan fingerprint density at radius 1 is 1.06 bits per heavy atom. The van der Waals surface area contributed by atoms with Gasteiger partial charge >= 0.3 is 5.97 Å². The summed E-state index contributed by atoms with van der Waals surface area (Å²) in [4.78, 5) is 11.6. The molecule has 2 heteroatoms. The molecule has 1 aromatic carbocycles. The van der Waals surface area contributed by atoms with Gasteiger partial charge in [-0.05, 0) is 43.2 Å². The van der Waals surface area contributed by atoms with Crippen molar-refractivity contribution < 1.29 is 9.53 Å². The summed E-state index contributed by atoms with van der Waals surface area (Å²) in [6.07, 6.45) is 6.23. The average molecular weight is 242 g/mol. The first-order valence-corrected chi connectivity index (χ1v) is 7.06. The number of benzene rings is 1. The van der Waals surface area contributed by atoms with Crippen LogP contribution in [-0.2, 0) is 22.4 Å². The van der Waals surface area contributed by atoms with Gasteiger partial charge in [0.1, 0.15) is 5.60 Å². The molecule has 2 nitrogen and oxygen atoms in total. The molecule has 2 bridgehead atoms. The largest absolute Gasteiger partial charge is 0.458 e. The van der Waals surface area contributed by atoms with Gasteiger partial charge in [0.15, 0.2) is 0 Å². The second-order valence-corrected chi connectivity index (χ2v) is 6.08. The molecule has 94 valence electrons. The van der Waals surface area contributed by atoms with Crippen LogP contribution < -0.4 is 0 Å². The second-order valence-electron chi connectivity index (χ2n) is 6.08. The van der Waals surface area contributed by atoms with Crippen LogP contribution in [0.25, 0.3) is 0 Å². The maximum Gasteiger partial charge on any atom is 0.306 e. The molecule has 0 radical (unpaired) electrons. The molecule has 1 aliphatic heterocycles. The van der Waals surface area contributed by atoms with Gasteiger partial charge in [0.25, 0.3) is 0 Å². The lowest BCUT2D eigenvalue weighted by atomic mass is 9.80. The third-order valence-corrected chi connectivity index (χ3v) is 5.32. The van der Waals surface area contributed by atoms with Crippen molar-refractivity contribution in [3.05, 3.63) is 35.4 Å². The molecule has 1 aromatic rings. The van der Waals surface area contributed by atoms with Crippen molar-refractivity contribution in [1.29, 1.82) is 0 Å². The van der Waals surface area contributed by atoms with Crippen LogP contribution in [0, 0.1) is 11.8 Å². The first-order chi connectivity index (χ1) is 8.78. The topological polar surface area (TPSA) is 26.3 Å². The van der Waals surface area contributed by atoms with E-state index in [1.807, 2.05) is 0 Å². The Hall–Kier alpha value is -1.31. The first kappa shape index (κ1) is 10.6. The fourth-order valence-corrected chi connectivity index (χ4v) is 4.45. The predicted molar refractivity (Wildman–Crippen MR) is 68.1 cm³/mol. The molecule has 4 rings (SSSR count). The van der Waals surface area contributed by atoms with Crippen molar-refractivity contribution in [3.63, 3.8) is 0 Å². The lowest BCUT2D eigenvalue weighted by Gasteiger charge is -2.33. The zero-order valence-corrected chi connectivity index (χ0v) is 10.5. The van der Waals surface area contributed by atoms with Crippen LogP contribution in [0.3, 0.4) is 0 Å². The van der Waals surface area contributed by atoms with Gasteiger partial charge in [0, 0.05) is 18.3 Å². The van der Waals surface area contributed by atoms with E-state index in [-0.39, 0.29) is 11.6 Å². The summed E-state index contributed by atoms with van der Waals surface area (Å²) in [6.45, 7) is 0. The Morgan fingerprint density at radius 2 is 1.67 bits per heavy atom. The Kier molecular flexibility index (Phi) is 2.12. The monoisotopic (exact) mass is 242 g/mol. The number of carbonyl (C=O) groups excluding carboxylic acids is 1. The van der Waals surface area contributed by atoms with E-state index in [0.29, 0.717) is 18.3 Å². The number of hydrogen-bond acceptors (Lipinski definition) is 2. The fourth-order valence-electron chi connectivity index (χ4n) is 4.45. The number of fused-ring (bicyclic) bond motifs is 1. The Bertz CT molecular complexity index is 473. The van der Waals surface area contributed by atoms with E-state index in [2.05, 4.69) is 24.3 Å². The van der Waals surface area contributed by atoms with Crippen LogP contribution in [0.1, 0.15) is 36.8 Å². The lowest BCUT2D eigenvalue weighted by Crippen LogP contribution is -2.40. The Labute approximate surface area is 107 Å². The van der Waals surface area contributed by atoms with Crippen molar-refractivity contribution in [1.82, 2.24) is 0 Å². The summed E-state index contributed by atoms with van der Waals surface area (Å²) in [7, 11) is 0. The van der Waals surface area contributed by atoms with Gasteiger partial charge in [-0.25, -0.2) is 0 Å². The van der Waals surface area contributed by atoms with E-state index in [4.69, 9.17) is 4.74 Å². The highest BCUT2D eigenvalue weighted by Gasteiger charge is 2.56. The minimum Gasteiger partial charge on any atom is -0.458 e. The molecule has 0 aromatic heterocycles. The first-order valence-electron chi connectivity index (χ1n) is 7.06. The molecule has 2 atom stereocenters. The molecule has 3 aliphatic rings. The van der Waals surface area contributed by atoms with Crippen LogP contribution in [0.2, 0.25) is 0 Å². The van der Waals surface area contributed by atoms with E-state index in [0.717, 1.165) is 19.3 Å². The minimum absolute atomic E-state index is 0.0258. The van der Waals surface area contributed by atoms with E-state index in [1.165, 1.54) is 24.0 Å². The smallest absolute Gasteiger partial charge is 0.306 e. The normalized spacial score (nSPS) is 37.4. The van der Waals surface area contributed by atoms with Gasteiger partial charge in [-0.1, -0.05) is 24.3 Å². The maximum absolute atomic E-state index is 11.6. The summed E-state index contributed by atoms with van der Waals surface area (Å²) >= 11 is 0. The average Bonchev–Trinajstić information content (AvgIpc) is 2.83. The number of hydrogen-bond donors (Lipinski definition) is 0.